The van der Waals surface area contributed by atoms with Crippen LogP contribution in [0.4, 0.5) is 0 Å². The second-order valence-corrected chi connectivity index (χ2v) is 4.13. The molecule has 1 rings (SSSR count). The van der Waals surface area contributed by atoms with E-state index in [0.717, 1.165) is 0 Å². The van der Waals surface area contributed by atoms with Crippen LogP contribution in [0, 0.1) is 0 Å². The van der Waals surface area contributed by atoms with Gasteiger partial charge in [-0.05, 0) is 23.8 Å². The second kappa shape index (κ2) is 6.81. The maximum Gasteiger partial charge on any atom is 0.352 e. The van der Waals surface area contributed by atoms with E-state index in [4.69, 9.17) is 26.2 Å². The third-order valence-corrected chi connectivity index (χ3v) is 2.75. The number of amides is 1. The fourth-order valence-corrected chi connectivity index (χ4v) is 1.80. The van der Waals surface area contributed by atoms with Crippen LogP contribution in [0.3, 0.4) is 0 Å². The molecule has 1 aromatic rings. The third kappa shape index (κ3) is 3.64. The van der Waals surface area contributed by atoms with E-state index in [1.165, 1.54) is 27.2 Å². The van der Waals surface area contributed by atoms with Gasteiger partial charge in [-0.3, -0.25) is 4.79 Å². The first-order valence-corrected chi connectivity index (χ1v) is 5.91. The van der Waals surface area contributed by atoms with Gasteiger partial charge in [0.15, 0.2) is 11.5 Å². The summed E-state index contributed by atoms with van der Waals surface area (Å²) < 4.78 is 10.2. The fourth-order valence-electron chi connectivity index (χ4n) is 1.51. The van der Waals surface area contributed by atoms with Crippen molar-refractivity contribution in [1.29, 1.82) is 0 Å². The number of hydrogen-bond donors (Lipinski definition) is 2. The normalized spacial score (nSPS) is 10.9. The van der Waals surface area contributed by atoms with Gasteiger partial charge in [0, 0.05) is 6.92 Å². The molecule has 0 atom stereocenters. The first-order valence-electron chi connectivity index (χ1n) is 5.53. The van der Waals surface area contributed by atoms with Crippen LogP contribution in [0.15, 0.2) is 17.8 Å². The van der Waals surface area contributed by atoms with Gasteiger partial charge in [-0.1, -0.05) is 11.6 Å². The van der Waals surface area contributed by atoms with E-state index in [2.05, 4.69) is 5.32 Å². The molecule has 0 aliphatic heterocycles. The van der Waals surface area contributed by atoms with E-state index in [1.54, 1.807) is 12.1 Å². The van der Waals surface area contributed by atoms with Crippen LogP contribution in [-0.4, -0.2) is 31.2 Å². The topological polar surface area (TPSA) is 84.9 Å². The maximum absolute atomic E-state index is 11.0. The number of carboxylic acids is 1. The zero-order valence-corrected chi connectivity index (χ0v) is 11.9. The highest BCUT2D eigenvalue weighted by atomic mass is 35.5. The van der Waals surface area contributed by atoms with Crippen LogP contribution in [-0.2, 0) is 9.59 Å². The predicted octanol–water partition coefficient (Wildman–Crippen LogP) is 1.92. The van der Waals surface area contributed by atoms with Crippen LogP contribution in [0.1, 0.15) is 12.5 Å². The molecule has 0 aliphatic carbocycles. The predicted molar refractivity (Wildman–Crippen MR) is 74.0 cm³/mol. The Morgan fingerprint density at radius 2 is 1.95 bits per heavy atom. The highest BCUT2D eigenvalue weighted by Gasteiger charge is 2.15. The Morgan fingerprint density at radius 3 is 2.40 bits per heavy atom. The molecule has 0 saturated heterocycles. The Hall–Kier alpha value is -2.21. The van der Waals surface area contributed by atoms with Gasteiger partial charge in [0.2, 0.25) is 5.91 Å². The first-order chi connectivity index (χ1) is 9.40. The van der Waals surface area contributed by atoms with E-state index in [9.17, 15) is 9.59 Å². The summed E-state index contributed by atoms with van der Waals surface area (Å²) >= 11 is 6.12. The third-order valence-electron chi connectivity index (χ3n) is 2.36. The van der Waals surface area contributed by atoms with Crippen molar-refractivity contribution in [2.24, 2.45) is 0 Å². The smallest absolute Gasteiger partial charge is 0.352 e. The quantitative estimate of drug-likeness (QED) is 0.811. The van der Waals surface area contributed by atoms with Crippen molar-refractivity contribution in [3.63, 3.8) is 0 Å². The van der Waals surface area contributed by atoms with Crippen molar-refractivity contribution in [3.05, 3.63) is 28.4 Å². The van der Waals surface area contributed by atoms with Gasteiger partial charge >= 0.3 is 5.97 Å². The molecular weight excluding hydrogens is 286 g/mol. The Morgan fingerprint density at radius 1 is 1.30 bits per heavy atom. The molecule has 1 aromatic carbocycles. The number of carboxylic acid groups (broad SMARTS) is 1. The average molecular weight is 300 g/mol. The van der Waals surface area contributed by atoms with Crippen molar-refractivity contribution in [1.82, 2.24) is 5.32 Å². The Bertz CT molecular complexity index is 568. The SMILES string of the molecule is COc1ccc(/C=C(\NC(C)=O)C(=O)O)c(Cl)c1OC. The van der Waals surface area contributed by atoms with Gasteiger partial charge in [-0.2, -0.15) is 0 Å². The highest BCUT2D eigenvalue weighted by Crippen LogP contribution is 2.37. The number of rotatable bonds is 5. The number of ether oxygens (including phenoxy) is 2. The van der Waals surface area contributed by atoms with Crippen molar-refractivity contribution in [3.8, 4) is 11.5 Å². The molecule has 1 amide bonds. The van der Waals surface area contributed by atoms with Crippen molar-refractivity contribution in [2.75, 3.05) is 14.2 Å². The average Bonchev–Trinajstić information content (AvgIpc) is 2.39. The summed E-state index contributed by atoms with van der Waals surface area (Å²) in [5.74, 6) is -1.05. The summed E-state index contributed by atoms with van der Waals surface area (Å²) in [5, 5.41) is 11.4. The van der Waals surface area contributed by atoms with E-state index in [-0.39, 0.29) is 16.5 Å². The molecule has 0 bridgehead atoms. The first kappa shape index (κ1) is 15.8. The lowest BCUT2D eigenvalue weighted by molar-refractivity contribution is -0.134. The summed E-state index contributed by atoms with van der Waals surface area (Å²) in [4.78, 5) is 22.0. The number of aliphatic carboxylic acids is 1. The number of nitrogens with one attached hydrogen (secondary N) is 1. The van der Waals surface area contributed by atoms with Crippen molar-refractivity contribution < 1.29 is 24.2 Å². The fraction of sp³-hybridized carbons (Fsp3) is 0.231. The molecule has 108 valence electrons. The molecule has 0 aromatic heterocycles. The molecule has 0 unspecified atom stereocenters. The molecule has 2 N–H and O–H groups in total. The van der Waals surface area contributed by atoms with Crippen molar-refractivity contribution >= 4 is 29.6 Å². The minimum absolute atomic E-state index is 0.191. The molecule has 20 heavy (non-hydrogen) atoms. The maximum atomic E-state index is 11.0. The number of carbonyl (C=O) groups excluding carboxylic acids is 1. The van der Waals surface area contributed by atoms with E-state index >= 15 is 0 Å². The number of methoxy groups -OCH3 is 2. The lowest BCUT2D eigenvalue weighted by Crippen LogP contribution is -2.24. The van der Waals surface area contributed by atoms with E-state index in [0.29, 0.717) is 11.3 Å². The lowest BCUT2D eigenvalue weighted by atomic mass is 10.1. The Balaban J connectivity index is 3.31. The standard InChI is InChI=1S/C13H14ClNO5/c1-7(16)15-9(13(17)18)6-8-4-5-10(19-2)12(20-3)11(8)14/h4-6H,1-3H3,(H,15,16)(H,17,18)/b9-6-. The summed E-state index contributed by atoms with van der Waals surface area (Å²) in [6.45, 7) is 1.22. The van der Waals surface area contributed by atoms with E-state index < -0.39 is 11.9 Å². The second-order valence-electron chi connectivity index (χ2n) is 3.75. The van der Waals surface area contributed by atoms with Crippen LogP contribution < -0.4 is 14.8 Å². The minimum Gasteiger partial charge on any atom is -0.493 e. The van der Waals surface area contributed by atoms with E-state index in [1.807, 2.05) is 0 Å². The van der Waals surface area contributed by atoms with Gasteiger partial charge in [-0.25, -0.2) is 4.79 Å². The molecule has 0 fully saturated rings. The minimum atomic E-state index is -1.27. The van der Waals surface area contributed by atoms with Crippen LogP contribution in [0.25, 0.3) is 6.08 Å². The number of carbonyl (C=O) groups is 2. The zero-order valence-electron chi connectivity index (χ0n) is 11.2. The molecular formula is C13H14ClNO5. The molecule has 0 saturated carbocycles. The lowest BCUT2D eigenvalue weighted by Gasteiger charge is -2.11. The van der Waals surface area contributed by atoms with Gasteiger partial charge in [0.25, 0.3) is 0 Å². The van der Waals surface area contributed by atoms with Crippen molar-refractivity contribution in [2.45, 2.75) is 6.92 Å². The van der Waals surface area contributed by atoms with Crippen LogP contribution in [0.2, 0.25) is 5.02 Å². The Labute approximate surface area is 120 Å². The molecule has 6 nitrogen and oxygen atoms in total. The van der Waals surface area contributed by atoms with Gasteiger partial charge in [0.05, 0.1) is 19.2 Å². The summed E-state index contributed by atoms with van der Waals surface area (Å²) in [6, 6.07) is 3.15. The zero-order chi connectivity index (χ0) is 15.3. The molecule has 0 radical (unpaired) electrons. The summed E-state index contributed by atoms with van der Waals surface area (Å²) in [7, 11) is 2.88. The molecule has 0 heterocycles. The van der Waals surface area contributed by atoms with Gasteiger partial charge in [0.1, 0.15) is 5.70 Å². The van der Waals surface area contributed by atoms with Crippen LogP contribution >= 0.6 is 11.6 Å². The van der Waals surface area contributed by atoms with Gasteiger partial charge in [-0.15, -0.1) is 0 Å². The van der Waals surface area contributed by atoms with Crippen LogP contribution in [0.5, 0.6) is 11.5 Å². The summed E-state index contributed by atoms with van der Waals surface area (Å²) in [5.41, 5.74) is 0.0992. The molecule has 0 spiro atoms. The highest BCUT2D eigenvalue weighted by molar-refractivity contribution is 6.34. The number of halogens is 1. The molecule has 0 aliphatic rings. The molecule has 7 heteroatoms. The summed E-state index contributed by atoms with van der Waals surface area (Å²) in [6.07, 6.45) is 1.24. The largest absolute Gasteiger partial charge is 0.493 e. The number of benzene rings is 1. The van der Waals surface area contributed by atoms with Gasteiger partial charge < -0.3 is 19.9 Å². The number of hydrogen-bond acceptors (Lipinski definition) is 4. The monoisotopic (exact) mass is 299 g/mol. The Kier molecular flexibility index (Phi) is 5.40.